The maximum Gasteiger partial charge on any atom is 0.335 e. The normalized spacial score (nSPS) is 9.53. The molecule has 1 rings (SSSR count). The van der Waals surface area contributed by atoms with Crippen molar-refractivity contribution in [3.63, 3.8) is 0 Å². The van der Waals surface area contributed by atoms with E-state index in [1.807, 2.05) is 0 Å². The average Bonchev–Trinajstić information content (AvgIpc) is 2.36. The molecule has 0 radical (unpaired) electrons. The number of primary amides is 1. The number of carboxylic acids is 1. The van der Waals surface area contributed by atoms with Crippen LogP contribution in [0.15, 0.2) is 18.2 Å². The summed E-state index contributed by atoms with van der Waals surface area (Å²) in [5.41, 5.74) is 5.03. The van der Waals surface area contributed by atoms with E-state index < -0.39 is 17.9 Å². The highest BCUT2D eigenvalue weighted by atomic mass is 16.5. The Labute approximate surface area is 108 Å². The van der Waals surface area contributed by atoms with Crippen LogP contribution in [-0.4, -0.2) is 36.7 Å². The Bertz CT molecular complexity index is 515. The Hall–Kier alpha value is -2.77. The molecule has 19 heavy (non-hydrogen) atoms. The summed E-state index contributed by atoms with van der Waals surface area (Å²) in [6.45, 7) is -0.327. The van der Waals surface area contributed by atoms with Crippen molar-refractivity contribution in [2.45, 2.75) is 0 Å². The largest absolute Gasteiger partial charge is 0.495 e. The molecular weight excluding hydrogens is 254 g/mol. The van der Waals surface area contributed by atoms with Crippen LogP contribution >= 0.6 is 0 Å². The van der Waals surface area contributed by atoms with Gasteiger partial charge >= 0.3 is 12.0 Å². The van der Waals surface area contributed by atoms with Crippen LogP contribution in [0.3, 0.4) is 0 Å². The van der Waals surface area contributed by atoms with Crippen LogP contribution in [0.4, 0.5) is 10.5 Å². The van der Waals surface area contributed by atoms with Crippen molar-refractivity contribution < 1.29 is 24.2 Å². The van der Waals surface area contributed by atoms with Crippen LogP contribution in [0, 0.1) is 0 Å². The van der Waals surface area contributed by atoms with E-state index in [-0.39, 0.29) is 17.8 Å². The molecule has 0 fully saturated rings. The van der Waals surface area contributed by atoms with Crippen LogP contribution in [0.5, 0.6) is 5.75 Å². The number of rotatable bonds is 5. The van der Waals surface area contributed by atoms with E-state index in [1.54, 1.807) is 0 Å². The quantitative estimate of drug-likeness (QED) is 0.596. The Kier molecular flexibility index (Phi) is 4.69. The zero-order valence-corrected chi connectivity index (χ0v) is 10.1. The van der Waals surface area contributed by atoms with Gasteiger partial charge in [0, 0.05) is 0 Å². The molecule has 0 spiro atoms. The predicted octanol–water partition coefficient (Wildman–Crippen LogP) is 0.000200. The minimum Gasteiger partial charge on any atom is -0.495 e. The summed E-state index contributed by atoms with van der Waals surface area (Å²) in [7, 11) is 1.38. The molecule has 0 saturated heterocycles. The van der Waals surface area contributed by atoms with Crippen molar-refractivity contribution in [3.8, 4) is 5.75 Å². The lowest BCUT2D eigenvalue weighted by Gasteiger charge is -2.11. The van der Waals surface area contributed by atoms with Crippen molar-refractivity contribution in [2.75, 3.05) is 19.0 Å². The highest BCUT2D eigenvalue weighted by molar-refractivity contribution is 5.96. The fourth-order valence-corrected chi connectivity index (χ4v) is 1.27. The van der Waals surface area contributed by atoms with Crippen molar-refractivity contribution in [2.24, 2.45) is 5.73 Å². The van der Waals surface area contributed by atoms with Gasteiger partial charge < -0.3 is 26.2 Å². The molecule has 8 heteroatoms. The van der Waals surface area contributed by atoms with Crippen LogP contribution < -0.4 is 21.1 Å². The first-order valence-corrected chi connectivity index (χ1v) is 5.18. The third-order valence-electron chi connectivity index (χ3n) is 2.12. The molecule has 1 aromatic rings. The fourth-order valence-electron chi connectivity index (χ4n) is 1.27. The van der Waals surface area contributed by atoms with Gasteiger partial charge in [-0.1, -0.05) is 0 Å². The van der Waals surface area contributed by atoms with E-state index in [2.05, 4.69) is 10.6 Å². The number of carbonyl (C=O) groups is 3. The SMILES string of the molecule is COc1ccc(C(=O)O)cc1NC(=O)NCC(N)=O. The van der Waals surface area contributed by atoms with Gasteiger partial charge in [-0.05, 0) is 18.2 Å². The summed E-state index contributed by atoms with van der Waals surface area (Å²) in [6, 6.07) is 3.30. The van der Waals surface area contributed by atoms with Gasteiger partial charge in [-0.3, -0.25) is 4.79 Å². The van der Waals surface area contributed by atoms with Gasteiger partial charge in [0.05, 0.1) is 24.9 Å². The zero-order valence-electron chi connectivity index (χ0n) is 10.1. The van der Waals surface area contributed by atoms with Gasteiger partial charge in [0.25, 0.3) is 0 Å². The maximum absolute atomic E-state index is 11.4. The molecular formula is C11H13N3O5. The molecule has 0 bridgehead atoms. The van der Waals surface area contributed by atoms with Gasteiger partial charge in [-0.25, -0.2) is 9.59 Å². The number of amides is 3. The van der Waals surface area contributed by atoms with E-state index in [1.165, 1.54) is 25.3 Å². The number of hydrogen-bond donors (Lipinski definition) is 4. The van der Waals surface area contributed by atoms with E-state index in [9.17, 15) is 14.4 Å². The summed E-state index contributed by atoms with van der Waals surface area (Å²) in [4.78, 5) is 32.8. The van der Waals surface area contributed by atoms with E-state index in [4.69, 9.17) is 15.6 Å². The predicted molar refractivity (Wildman–Crippen MR) is 66.2 cm³/mol. The molecule has 0 heterocycles. The molecule has 0 atom stereocenters. The smallest absolute Gasteiger partial charge is 0.335 e. The molecule has 0 unspecified atom stereocenters. The van der Waals surface area contributed by atoms with E-state index in [0.29, 0.717) is 5.75 Å². The number of carbonyl (C=O) groups excluding carboxylic acids is 2. The molecule has 5 N–H and O–H groups in total. The van der Waals surface area contributed by atoms with Gasteiger partial charge in [0.1, 0.15) is 5.75 Å². The molecule has 1 aromatic carbocycles. The molecule has 0 aliphatic carbocycles. The molecule has 0 aromatic heterocycles. The minimum atomic E-state index is -1.14. The standard InChI is InChI=1S/C11H13N3O5/c1-19-8-3-2-6(10(16)17)4-7(8)14-11(18)13-5-9(12)15/h2-4H,5H2,1H3,(H2,12,15)(H,16,17)(H2,13,14,18). The highest BCUT2D eigenvalue weighted by Crippen LogP contribution is 2.25. The summed E-state index contributed by atoms with van der Waals surface area (Å²) in [5, 5.41) is 13.4. The number of benzene rings is 1. The number of methoxy groups -OCH3 is 1. The molecule has 102 valence electrons. The fraction of sp³-hybridized carbons (Fsp3) is 0.182. The first kappa shape index (κ1) is 14.3. The van der Waals surface area contributed by atoms with Gasteiger partial charge in [0.2, 0.25) is 5.91 Å². The molecule has 8 nitrogen and oxygen atoms in total. The number of aromatic carboxylic acids is 1. The van der Waals surface area contributed by atoms with Gasteiger partial charge in [0.15, 0.2) is 0 Å². The monoisotopic (exact) mass is 267 g/mol. The summed E-state index contributed by atoms with van der Waals surface area (Å²) < 4.78 is 4.98. The maximum atomic E-state index is 11.4. The zero-order chi connectivity index (χ0) is 14.4. The van der Waals surface area contributed by atoms with Crippen LogP contribution in [0.25, 0.3) is 0 Å². The summed E-state index contributed by atoms with van der Waals surface area (Å²) in [5.74, 6) is -1.54. The molecule has 0 saturated carbocycles. The van der Waals surface area contributed by atoms with E-state index in [0.717, 1.165) is 0 Å². The number of anilines is 1. The van der Waals surface area contributed by atoms with Crippen LogP contribution in [0.2, 0.25) is 0 Å². The molecule has 0 aliphatic rings. The lowest BCUT2D eigenvalue weighted by Crippen LogP contribution is -2.36. The van der Waals surface area contributed by atoms with Crippen LogP contribution in [-0.2, 0) is 4.79 Å². The number of urea groups is 1. The lowest BCUT2D eigenvalue weighted by molar-refractivity contribution is -0.117. The Morgan fingerprint density at radius 3 is 2.58 bits per heavy atom. The van der Waals surface area contributed by atoms with Crippen LogP contribution in [0.1, 0.15) is 10.4 Å². The third-order valence-corrected chi connectivity index (χ3v) is 2.12. The number of carboxylic acid groups (broad SMARTS) is 1. The number of ether oxygens (including phenoxy) is 1. The van der Waals surface area contributed by atoms with Crippen molar-refractivity contribution in [1.29, 1.82) is 0 Å². The Morgan fingerprint density at radius 2 is 2.05 bits per heavy atom. The number of hydrogen-bond acceptors (Lipinski definition) is 4. The first-order valence-electron chi connectivity index (χ1n) is 5.18. The van der Waals surface area contributed by atoms with Gasteiger partial charge in [-0.15, -0.1) is 0 Å². The van der Waals surface area contributed by atoms with Crippen molar-refractivity contribution >= 4 is 23.6 Å². The summed E-state index contributed by atoms with van der Waals surface area (Å²) in [6.07, 6.45) is 0. The lowest BCUT2D eigenvalue weighted by atomic mass is 10.2. The van der Waals surface area contributed by atoms with Gasteiger partial charge in [-0.2, -0.15) is 0 Å². The van der Waals surface area contributed by atoms with Crippen molar-refractivity contribution in [1.82, 2.24) is 5.32 Å². The van der Waals surface area contributed by atoms with E-state index >= 15 is 0 Å². The number of nitrogens with one attached hydrogen (secondary N) is 2. The second kappa shape index (κ2) is 6.24. The second-order valence-corrected chi connectivity index (χ2v) is 3.49. The topological polar surface area (TPSA) is 131 Å². The Balaban J connectivity index is 2.85. The average molecular weight is 267 g/mol. The van der Waals surface area contributed by atoms with Crippen molar-refractivity contribution in [3.05, 3.63) is 23.8 Å². The highest BCUT2D eigenvalue weighted by Gasteiger charge is 2.11. The molecule has 3 amide bonds. The molecule has 0 aliphatic heterocycles. The minimum absolute atomic E-state index is 0.00833. The third kappa shape index (κ3) is 4.19. The number of nitrogens with two attached hydrogens (primary N) is 1. The summed E-state index contributed by atoms with van der Waals surface area (Å²) >= 11 is 0. The second-order valence-electron chi connectivity index (χ2n) is 3.49. The first-order chi connectivity index (χ1) is 8.93. The Morgan fingerprint density at radius 1 is 1.37 bits per heavy atom.